The van der Waals surface area contributed by atoms with Crippen LogP contribution in [0, 0.1) is 40.9 Å². The number of ether oxygens (including phenoxy) is 2. The van der Waals surface area contributed by atoms with Gasteiger partial charge in [0.1, 0.15) is 29.2 Å². The van der Waals surface area contributed by atoms with Gasteiger partial charge in [0, 0.05) is 41.2 Å². The molecule has 7 aliphatic rings. The monoisotopic (exact) mass is 506 g/mol. The van der Waals surface area contributed by atoms with Crippen molar-refractivity contribution in [2.45, 2.75) is 74.8 Å². The summed E-state index contributed by atoms with van der Waals surface area (Å²) in [4.78, 5) is 39.3. The first-order chi connectivity index (χ1) is 17.5. The van der Waals surface area contributed by atoms with Gasteiger partial charge in [0.15, 0.2) is 0 Å². The van der Waals surface area contributed by atoms with Crippen molar-refractivity contribution in [3.05, 3.63) is 48.6 Å². The van der Waals surface area contributed by atoms with Crippen molar-refractivity contribution in [3.63, 3.8) is 0 Å². The van der Waals surface area contributed by atoms with Crippen molar-refractivity contribution >= 4 is 17.7 Å². The quantitative estimate of drug-likeness (QED) is 0.295. The Balaban J connectivity index is 1.39. The van der Waals surface area contributed by atoms with Gasteiger partial charge >= 0.3 is 11.9 Å². The van der Waals surface area contributed by atoms with Crippen molar-refractivity contribution in [1.82, 2.24) is 0 Å². The standard InChI is InChI=1S/C30H34O7/c1-13-5-7-17-15(3)26(32)36-24(17)22-19(13)11-21(31)28(22)9-10-29(34)23-20(12-30(28,29)35)14(2)6-8-18-16(4)27(33)37-25(18)23/h17-20,22-25,34-35H,1-12H2. The average molecular weight is 507 g/mol. The zero-order chi connectivity index (χ0) is 26.2. The number of carbonyl (C=O) groups excluding carboxylic acids is 3. The lowest BCUT2D eigenvalue weighted by atomic mass is 9.59. The molecule has 7 fully saturated rings. The van der Waals surface area contributed by atoms with Gasteiger partial charge in [0.25, 0.3) is 0 Å². The maximum Gasteiger partial charge on any atom is 0.334 e. The van der Waals surface area contributed by atoms with Crippen molar-refractivity contribution < 1.29 is 34.1 Å². The van der Waals surface area contributed by atoms with Crippen LogP contribution < -0.4 is 0 Å². The summed E-state index contributed by atoms with van der Waals surface area (Å²) in [6.45, 7) is 16.6. The fourth-order valence-electron chi connectivity index (χ4n) is 10.1. The molecule has 196 valence electrons. The largest absolute Gasteiger partial charge is 0.458 e. The minimum atomic E-state index is -1.78. The first kappa shape index (κ1) is 23.6. The third-order valence-electron chi connectivity index (χ3n) is 11.8. The van der Waals surface area contributed by atoms with Crippen molar-refractivity contribution in [1.29, 1.82) is 0 Å². The third-order valence-corrected chi connectivity index (χ3v) is 11.8. The van der Waals surface area contributed by atoms with Crippen LogP contribution in [0.25, 0.3) is 0 Å². The smallest absolute Gasteiger partial charge is 0.334 e. The van der Waals surface area contributed by atoms with Gasteiger partial charge < -0.3 is 19.7 Å². The molecule has 7 nitrogen and oxygen atoms in total. The molecule has 2 aliphatic heterocycles. The van der Waals surface area contributed by atoms with Gasteiger partial charge in [0.05, 0.1) is 5.41 Å². The molecule has 0 aromatic heterocycles. The lowest BCUT2D eigenvalue weighted by molar-refractivity contribution is -0.205. The number of esters is 2. The second kappa shape index (κ2) is 7.11. The highest BCUT2D eigenvalue weighted by molar-refractivity contribution is 5.94. The minimum absolute atomic E-state index is 0.0947. The van der Waals surface area contributed by atoms with Crippen LogP contribution in [0.15, 0.2) is 48.6 Å². The molecular weight excluding hydrogens is 472 g/mol. The van der Waals surface area contributed by atoms with E-state index < -0.39 is 52.6 Å². The summed E-state index contributed by atoms with van der Waals surface area (Å²) >= 11 is 0. The van der Waals surface area contributed by atoms with Gasteiger partial charge in [-0.05, 0) is 56.8 Å². The van der Waals surface area contributed by atoms with Gasteiger partial charge in [0.2, 0.25) is 0 Å². The van der Waals surface area contributed by atoms with Crippen molar-refractivity contribution in [2.24, 2.45) is 40.9 Å². The molecule has 37 heavy (non-hydrogen) atoms. The minimum Gasteiger partial charge on any atom is -0.458 e. The van der Waals surface area contributed by atoms with Gasteiger partial charge in [-0.3, -0.25) is 4.79 Å². The van der Waals surface area contributed by atoms with E-state index in [0.717, 1.165) is 11.1 Å². The Morgan fingerprint density at radius 3 is 1.86 bits per heavy atom. The highest BCUT2D eigenvalue weighted by Crippen LogP contribution is 2.74. The molecule has 0 aromatic carbocycles. The Labute approximate surface area is 216 Å². The highest BCUT2D eigenvalue weighted by atomic mass is 16.6. The highest BCUT2D eigenvalue weighted by Gasteiger charge is 2.83. The van der Waals surface area contributed by atoms with E-state index >= 15 is 0 Å². The second-order valence-corrected chi connectivity index (χ2v) is 12.7. The van der Waals surface area contributed by atoms with E-state index in [2.05, 4.69) is 26.3 Å². The van der Waals surface area contributed by atoms with Crippen LogP contribution in [0.1, 0.15) is 51.4 Å². The Bertz CT molecular complexity index is 1230. The van der Waals surface area contributed by atoms with Crippen molar-refractivity contribution in [3.8, 4) is 0 Å². The number of carbonyl (C=O) groups is 3. The molecule has 0 aromatic rings. The maximum atomic E-state index is 14.2. The zero-order valence-corrected chi connectivity index (χ0v) is 21.0. The Morgan fingerprint density at radius 2 is 1.27 bits per heavy atom. The first-order valence-electron chi connectivity index (χ1n) is 13.6. The van der Waals surface area contributed by atoms with Gasteiger partial charge in [-0.15, -0.1) is 0 Å². The number of rotatable bonds is 0. The molecule has 0 radical (unpaired) electrons. The number of aliphatic hydroxyl groups is 2. The molecule has 1 spiro atoms. The van der Waals surface area contributed by atoms with E-state index in [-0.39, 0.29) is 55.1 Å². The second-order valence-electron chi connectivity index (χ2n) is 12.7. The molecule has 11 unspecified atom stereocenters. The summed E-state index contributed by atoms with van der Waals surface area (Å²) in [7, 11) is 0. The van der Waals surface area contributed by atoms with Crippen LogP contribution in [0.4, 0.5) is 0 Å². The van der Waals surface area contributed by atoms with Crippen LogP contribution in [0.5, 0.6) is 0 Å². The molecule has 2 saturated heterocycles. The Kier molecular flexibility index (Phi) is 4.54. The predicted molar refractivity (Wildman–Crippen MR) is 132 cm³/mol. The van der Waals surface area contributed by atoms with E-state index in [1.807, 2.05) is 0 Å². The molecule has 2 N–H and O–H groups in total. The van der Waals surface area contributed by atoms with E-state index in [1.165, 1.54) is 0 Å². The topological polar surface area (TPSA) is 110 Å². The molecule has 2 heterocycles. The van der Waals surface area contributed by atoms with Crippen LogP contribution in [-0.4, -0.2) is 51.3 Å². The molecule has 7 rings (SSSR count). The molecule has 5 saturated carbocycles. The van der Waals surface area contributed by atoms with Crippen molar-refractivity contribution in [2.75, 3.05) is 0 Å². The normalized spacial score (nSPS) is 52.3. The van der Waals surface area contributed by atoms with Gasteiger partial charge in [-0.25, -0.2) is 9.59 Å². The summed E-state index contributed by atoms with van der Waals surface area (Å²) < 4.78 is 11.7. The van der Waals surface area contributed by atoms with Crippen LogP contribution >= 0.6 is 0 Å². The van der Waals surface area contributed by atoms with E-state index in [0.29, 0.717) is 36.8 Å². The summed E-state index contributed by atoms with van der Waals surface area (Å²) in [5.74, 6) is -3.11. The number of hydrogen-bond donors (Lipinski definition) is 2. The molecule has 0 amide bonds. The number of fused-ring (bicyclic) bond motifs is 10. The fourth-order valence-corrected chi connectivity index (χ4v) is 10.1. The Hall–Kier alpha value is -2.51. The SMILES string of the molecule is C=C1C(=O)OC2C1CCC(=C)C1CC3(O)C(O)(CCC34C(=O)CC3C(=C)CCC5C(=C)C(=O)OC5C34)C12. The lowest BCUT2D eigenvalue weighted by Crippen LogP contribution is -2.63. The molecule has 11 atom stereocenters. The molecule has 5 aliphatic carbocycles. The lowest BCUT2D eigenvalue weighted by Gasteiger charge is -2.48. The molecule has 0 bridgehead atoms. The zero-order valence-electron chi connectivity index (χ0n) is 21.0. The summed E-state index contributed by atoms with van der Waals surface area (Å²) in [6.07, 6.45) is 2.26. The van der Waals surface area contributed by atoms with E-state index in [1.54, 1.807) is 0 Å². The first-order valence-corrected chi connectivity index (χ1v) is 13.6. The summed E-state index contributed by atoms with van der Waals surface area (Å²) in [6, 6.07) is 0. The molecular formula is C30H34O7. The third kappa shape index (κ3) is 2.49. The number of hydrogen-bond acceptors (Lipinski definition) is 7. The Morgan fingerprint density at radius 1 is 0.730 bits per heavy atom. The van der Waals surface area contributed by atoms with Crippen LogP contribution in [0.3, 0.4) is 0 Å². The number of allylic oxidation sites excluding steroid dienone is 2. The predicted octanol–water partition coefficient (Wildman–Crippen LogP) is 2.97. The number of Topliss-reactive ketones (excluding diaryl/α,β-unsaturated/α-hetero) is 1. The van der Waals surface area contributed by atoms with Crippen LogP contribution in [-0.2, 0) is 23.9 Å². The number of ketones is 1. The average Bonchev–Trinajstić information content (AvgIpc) is 3.49. The summed E-state index contributed by atoms with van der Waals surface area (Å²) in [5.41, 5.74) is -2.08. The van der Waals surface area contributed by atoms with E-state index in [9.17, 15) is 24.6 Å². The molecule has 7 heteroatoms. The van der Waals surface area contributed by atoms with Crippen LogP contribution in [0.2, 0.25) is 0 Å². The summed E-state index contributed by atoms with van der Waals surface area (Å²) in [5, 5.41) is 25.4. The van der Waals surface area contributed by atoms with Gasteiger partial charge in [-0.2, -0.15) is 0 Å². The van der Waals surface area contributed by atoms with E-state index in [4.69, 9.17) is 9.47 Å². The van der Waals surface area contributed by atoms with Gasteiger partial charge in [-0.1, -0.05) is 37.5 Å². The maximum absolute atomic E-state index is 14.2. The fraction of sp³-hybridized carbons (Fsp3) is 0.633.